The molecule has 1 amide bonds. The van der Waals surface area contributed by atoms with Gasteiger partial charge >= 0.3 is 0 Å². The number of nitrogens with one attached hydrogen (secondary N) is 3. The van der Waals surface area contributed by atoms with Crippen LogP contribution in [-0.4, -0.2) is 67.0 Å². The van der Waals surface area contributed by atoms with Crippen molar-refractivity contribution in [1.82, 2.24) is 29.8 Å². The van der Waals surface area contributed by atoms with E-state index in [2.05, 4.69) is 30.2 Å². The van der Waals surface area contributed by atoms with Gasteiger partial charge in [-0.15, -0.1) is 0 Å². The van der Waals surface area contributed by atoms with Crippen LogP contribution in [0.3, 0.4) is 0 Å². The van der Waals surface area contributed by atoms with Crippen LogP contribution in [0, 0.1) is 18.2 Å². The highest BCUT2D eigenvalue weighted by Gasteiger charge is 2.32. The lowest BCUT2D eigenvalue weighted by Crippen LogP contribution is -2.55. The molecule has 39 heavy (non-hydrogen) atoms. The van der Waals surface area contributed by atoms with Gasteiger partial charge in [0.15, 0.2) is 11.6 Å². The van der Waals surface area contributed by atoms with Gasteiger partial charge in [0.1, 0.15) is 34.3 Å². The van der Waals surface area contributed by atoms with Gasteiger partial charge in [-0.25, -0.2) is 28.7 Å². The maximum atomic E-state index is 15.4. The maximum absolute atomic E-state index is 15.4. The number of piperazine rings is 1. The highest BCUT2D eigenvalue weighted by Crippen LogP contribution is 2.32. The van der Waals surface area contributed by atoms with Crippen LogP contribution < -0.4 is 20.4 Å². The molecule has 11 nitrogen and oxygen atoms in total. The van der Waals surface area contributed by atoms with Crippen LogP contribution in [0.2, 0.25) is 0 Å². The van der Waals surface area contributed by atoms with E-state index in [1.165, 1.54) is 23.4 Å². The summed E-state index contributed by atoms with van der Waals surface area (Å²) in [7, 11) is 0. The Bertz CT molecular complexity index is 1600. The van der Waals surface area contributed by atoms with Crippen molar-refractivity contribution in [1.29, 1.82) is 5.41 Å². The molecule has 1 aliphatic rings. The van der Waals surface area contributed by atoms with E-state index in [0.29, 0.717) is 41.6 Å². The van der Waals surface area contributed by atoms with Crippen LogP contribution in [0.25, 0.3) is 11.0 Å². The van der Waals surface area contributed by atoms with E-state index in [1.807, 2.05) is 4.90 Å². The Hall–Kier alpha value is -4.39. The summed E-state index contributed by atoms with van der Waals surface area (Å²) in [6, 6.07) is 5.96. The van der Waals surface area contributed by atoms with Crippen molar-refractivity contribution in [3.05, 3.63) is 59.9 Å². The van der Waals surface area contributed by atoms with Gasteiger partial charge in [0, 0.05) is 43.5 Å². The molecule has 0 bridgehead atoms. The van der Waals surface area contributed by atoms with Crippen molar-refractivity contribution in [3.63, 3.8) is 0 Å². The minimum Gasteiger partial charge on any atom is -0.457 e. The van der Waals surface area contributed by atoms with E-state index in [1.54, 1.807) is 38.4 Å². The van der Waals surface area contributed by atoms with Crippen molar-refractivity contribution in [2.75, 3.05) is 29.9 Å². The van der Waals surface area contributed by atoms with Gasteiger partial charge in [-0.05, 0) is 32.0 Å². The van der Waals surface area contributed by atoms with Gasteiger partial charge in [0.05, 0.1) is 11.9 Å². The summed E-state index contributed by atoms with van der Waals surface area (Å²) >= 11 is 5.34. The quantitative estimate of drug-likeness (QED) is 0.306. The molecule has 4 heterocycles. The maximum Gasteiger partial charge on any atom is 0.273 e. The monoisotopic (exact) mass is 555 g/mol. The van der Waals surface area contributed by atoms with E-state index in [9.17, 15) is 9.18 Å². The summed E-state index contributed by atoms with van der Waals surface area (Å²) in [5, 5.41) is 10.7. The minimum atomic E-state index is -2.08. The van der Waals surface area contributed by atoms with Crippen molar-refractivity contribution < 1.29 is 18.3 Å². The van der Waals surface area contributed by atoms with Crippen LogP contribution in [0.4, 0.5) is 26.2 Å². The SMILES string of the molecule is Cc1c(Oc2cc[nH]c(=N)c2)ccc(Nc2ncnc3cnc(N4CCN(C(=O)C(F)Cl)[C@H](C)C4)nc23)c1F. The molecule has 0 saturated carbocycles. The third kappa shape index (κ3) is 5.43. The van der Waals surface area contributed by atoms with E-state index in [0.717, 1.165) is 0 Å². The molecular formula is C25H24ClF2N9O2. The molecule has 1 fully saturated rings. The number of aromatic nitrogens is 5. The number of ether oxygens (including phenoxy) is 1. The number of carbonyl (C=O) groups is 1. The lowest BCUT2D eigenvalue weighted by atomic mass is 10.1. The molecule has 202 valence electrons. The first kappa shape index (κ1) is 26.2. The number of rotatable bonds is 6. The summed E-state index contributed by atoms with van der Waals surface area (Å²) in [6.45, 7) is 4.38. The van der Waals surface area contributed by atoms with E-state index < -0.39 is 17.4 Å². The molecule has 2 atom stereocenters. The number of amides is 1. The molecule has 1 aromatic carbocycles. The number of carbonyl (C=O) groups excluding carboxylic acids is 1. The Morgan fingerprint density at radius 2 is 2.10 bits per heavy atom. The molecule has 3 N–H and O–H groups in total. The zero-order valence-corrected chi connectivity index (χ0v) is 21.7. The van der Waals surface area contributed by atoms with Crippen molar-refractivity contribution in [2.24, 2.45) is 0 Å². The fraction of sp³-hybridized carbons (Fsp3) is 0.280. The van der Waals surface area contributed by atoms with Gasteiger partial charge in [-0.2, -0.15) is 0 Å². The number of hydrogen-bond donors (Lipinski definition) is 3. The first-order valence-electron chi connectivity index (χ1n) is 12.0. The van der Waals surface area contributed by atoms with Crippen LogP contribution >= 0.6 is 11.6 Å². The van der Waals surface area contributed by atoms with Crippen molar-refractivity contribution in [2.45, 2.75) is 25.5 Å². The number of fused-ring (bicyclic) bond motifs is 1. The van der Waals surface area contributed by atoms with Crippen LogP contribution in [-0.2, 0) is 4.79 Å². The normalized spacial score (nSPS) is 16.3. The lowest BCUT2D eigenvalue weighted by Gasteiger charge is -2.39. The second-order valence-corrected chi connectivity index (χ2v) is 9.35. The van der Waals surface area contributed by atoms with Gasteiger partial charge in [-0.1, -0.05) is 11.6 Å². The van der Waals surface area contributed by atoms with Crippen molar-refractivity contribution >= 4 is 46.0 Å². The van der Waals surface area contributed by atoms with Gasteiger partial charge < -0.3 is 24.8 Å². The molecule has 0 aliphatic carbocycles. The third-order valence-electron chi connectivity index (χ3n) is 6.34. The zero-order valence-electron chi connectivity index (χ0n) is 21.0. The lowest BCUT2D eigenvalue weighted by molar-refractivity contribution is -0.136. The summed E-state index contributed by atoms with van der Waals surface area (Å²) in [5.41, 5.74) is -0.676. The number of alkyl halides is 2. The molecule has 0 radical (unpaired) electrons. The van der Waals surface area contributed by atoms with E-state index in [-0.39, 0.29) is 35.1 Å². The topological polar surface area (TPSA) is 136 Å². The number of benzene rings is 1. The third-order valence-corrected chi connectivity index (χ3v) is 6.52. The minimum absolute atomic E-state index is 0.158. The molecule has 5 rings (SSSR count). The predicted molar refractivity (Wildman–Crippen MR) is 140 cm³/mol. The number of anilines is 3. The molecule has 1 saturated heterocycles. The molecule has 1 aliphatic heterocycles. The highest BCUT2D eigenvalue weighted by atomic mass is 35.5. The van der Waals surface area contributed by atoms with Crippen LogP contribution in [0.15, 0.2) is 43.0 Å². The number of hydrogen-bond acceptors (Lipinski definition) is 9. The van der Waals surface area contributed by atoms with Gasteiger partial charge in [0.2, 0.25) is 5.95 Å². The Morgan fingerprint density at radius 1 is 1.28 bits per heavy atom. The predicted octanol–water partition coefficient (Wildman–Crippen LogP) is 3.78. The molecule has 3 aromatic heterocycles. The Labute approximate surface area is 226 Å². The Kier molecular flexibility index (Phi) is 7.24. The Balaban J connectivity index is 1.39. The summed E-state index contributed by atoms with van der Waals surface area (Å²) in [5.74, 6) is 0.0523. The first-order chi connectivity index (χ1) is 18.7. The van der Waals surface area contributed by atoms with Gasteiger partial charge in [0.25, 0.3) is 11.5 Å². The zero-order chi connectivity index (χ0) is 27.7. The van der Waals surface area contributed by atoms with E-state index in [4.69, 9.17) is 21.7 Å². The number of halogens is 3. The average Bonchev–Trinajstić information content (AvgIpc) is 2.92. The highest BCUT2D eigenvalue weighted by molar-refractivity contribution is 6.29. The second-order valence-electron chi connectivity index (χ2n) is 8.97. The molecule has 4 aromatic rings. The fourth-order valence-electron chi connectivity index (χ4n) is 4.32. The average molecular weight is 556 g/mol. The summed E-state index contributed by atoms with van der Waals surface area (Å²) in [6.07, 6.45) is 4.43. The van der Waals surface area contributed by atoms with Crippen LogP contribution in [0.5, 0.6) is 11.5 Å². The number of pyridine rings is 1. The molecule has 14 heteroatoms. The first-order valence-corrected chi connectivity index (χ1v) is 12.4. The largest absolute Gasteiger partial charge is 0.457 e. The van der Waals surface area contributed by atoms with Crippen LogP contribution in [0.1, 0.15) is 12.5 Å². The molecule has 1 unspecified atom stereocenters. The standard InChI is InChI=1S/C25H24ClF2N9O2/c1-13-11-36(7-8-37(13)24(38)22(26)28)25-31-10-17-21(35-25)23(33-12-32-17)34-16-3-4-18(14(2)20(16)27)39-15-5-6-30-19(29)9-15/h3-6,9-10,12-13,22H,7-8,11H2,1-2H3,(H2,29,30)(H,32,33,34)/t13-,22?/m1/s1. The smallest absolute Gasteiger partial charge is 0.273 e. The molecular weight excluding hydrogens is 532 g/mol. The second kappa shape index (κ2) is 10.8. The Morgan fingerprint density at radius 3 is 2.85 bits per heavy atom. The van der Waals surface area contributed by atoms with E-state index >= 15 is 4.39 Å². The fourth-order valence-corrected chi connectivity index (χ4v) is 4.44. The number of aromatic amines is 1. The molecule has 0 spiro atoms. The number of H-pyrrole nitrogens is 1. The van der Waals surface area contributed by atoms with Gasteiger partial charge in [-0.3, -0.25) is 10.2 Å². The van der Waals surface area contributed by atoms with Crippen molar-refractivity contribution in [3.8, 4) is 11.5 Å². The summed E-state index contributed by atoms with van der Waals surface area (Å²) in [4.78, 5) is 35.5. The number of nitrogens with zero attached hydrogens (tertiary/aromatic N) is 6. The summed E-state index contributed by atoms with van der Waals surface area (Å²) < 4.78 is 34.5.